The number of aromatic nitrogens is 4. The average molecular weight is 544 g/mol. The minimum atomic E-state index is -3.96. The van der Waals surface area contributed by atoms with Gasteiger partial charge < -0.3 is 4.74 Å². The van der Waals surface area contributed by atoms with Gasteiger partial charge in [0.2, 0.25) is 5.91 Å². The molecule has 0 unspecified atom stereocenters. The van der Waals surface area contributed by atoms with Crippen molar-refractivity contribution in [1.82, 2.24) is 30.2 Å². The van der Waals surface area contributed by atoms with Crippen molar-refractivity contribution in [3.8, 4) is 5.69 Å². The number of nitrogens with zero attached hydrogens (tertiary/aromatic N) is 5. The van der Waals surface area contributed by atoms with E-state index >= 15 is 0 Å². The van der Waals surface area contributed by atoms with Gasteiger partial charge in [-0.15, -0.1) is 5.10 Å². The molecule has 0 radical (unpaired) electrons. The van der Waals surface area contributed by atoms with E-state index in [9.17, 15) is 18.0 Å². The summed E-state index contributed by atoms with van der Waals surface area (Å²) in [5.74, 6) is -1.03. The fraction of sp³-hybridized carbons (Fsp3) is 0.0769. The summed E-state index contributed by atoms with van der Waals surface area (Å²) in [6.07, 6.45) is 2.91. The Hall–Kier alpha value is -5.17. The molecule has 3 aromatic carbocycles. The minimum Gasteiger partial charge on any atom is -0.420 e. The molecule has 39 heavy (non-hydrogen) atoms. The van der Waals surface area contributed by atoms with Gasteiger partial charge >= 0.3 is 6.02 Å². The zero-order valence-corrected chi connectivity index (χ0v) is 21.3. The second kappa shape index (κ2) is 10.7. The summed E-state index contributed by atoms with van der Waals surface area (Å²) < 4.78 is 34.0. The first-order valence-electron chi connectivity index (χ1n) is 11.6. The van der Waals surface area contributed by atoms with Crippen molar-refractivity contribution >= 4 is 39.6 Å². The first-order valence-corrected chi connectivity index (χ1v) is 13.1. The van der Waals surface area contributed by atoms with E-state index in [1.54, 1.807) is 66.7 Å². The maximum absolute atomic E-state index is 12.4. The van der Waals surface area contributed by atoms with Gasteiger partial charge in [0, 0.05) is 0 Å². The van der Waals surface area contributed by atoms with E-state index in [1.165, 1.54) is 23.1 Å². The van der Waals surface area contributed by atoms with E-state index in [-0.39, 0.29) is 23.1 Å². The lowest BCUT2D eigenvalue weighted by Crippen LogP contribution is -2.31. The Kier molecular flexibility index (Phi) is 6.97. The molecule has 4 aromatic rings. The molecule has 1 saturated heterocycles. The predicted octanol–water partition coefficient (Wildman–Crippen LogP) is 2.19. The maximum atomic E-state index is 12.4. The van der Waals surface area contributed by atoms with Crippen LogP contribution in [-0.4, -0.2) is 46.5 Å². The van der Waals surface area contributed by atoms with Gasteiger partial charge in [-0.05, 0) is 71.0 Å². The molecule has 0 spiro atoms. The van der Waals surface area contributed by atoms with Gasteiger partial charge in [-0.1, -0.05) is 42.0 Å². The average Bonchev–Trinajstić information content (AvgIpc) is 3.56. The quantitative estimate of drug-likeness (QED) is 0.336. The summed E-state index contributed by atoms with van der Waals surface area (Å²) in [6, 6.07) is 19.9. The summed E-state index contributed by atoms with van der Waals surface area (Å²) in [5, 5.41) is 13.6. The number of amides is 2. The number of nitrogens with one attached hydrogen (secondary N) is 2. The minimum absolute atomic E-state index is 0.00578. The molecule has 1 fully saturated rings. The maximum Gasteiger partial charge on any atom is 0.302 e. The lowest BCUT2D eigenvalue weighted by Gasteiger charge is -2.07. The third-order valence-corrected chi connectivity index (χ3v) is 6.96. The number of carbonyl (C=O) groups is 2. The standard InChI is InChI=1S/C26H21N7O5S/c1-17-2-12-22(13-3-17)39(36,37)30-24(34)15-19-4-8-20(9-5-19)28-26-29-25(35)23(38-26)14-18-6-10-21(11-7-18)33-16-27-31-32-33/h2-14,16H,15H2,1H3,(H,30,34)(H,28,29,35)/b23-14-. The van der Waals surface area contributed by atoms with Gasteiger partial charge in [0.25, 0.3) is 15.9 Å². The van der Waals surface area contributed by atoms with Gasteiger partial charge in [-0.3, -0.25) is 14.9 Å². The summed E-state index contributed by atoms with van der Waals surface area (Å²) >= 11 is 0. The summed E-state index contributed by atoms with van der Waals surface area (Å²) in [4.78, 5) is 29.0. The number of sulfonamides is 1. The molecule has 13 heteroatoms. The number of hydrogen-bond donors (Lipinski definition) is 2. The van der Waals surface area contributed by atoms with Crippen LogP contribution in [0.1, 0.15) is 16.7 Å². The number of ether oxygens (including phenoxy) is 1. The van der Waals surface area contributed by atoms with Crippen molar-refractivity contribution in [2.45, 2.75) is 18.2 Å². The molecule has 2 amide bonds. The van der Waals surface area contributed by atoms with Crippen LogP contribution in [0, 0.1) is 6.92 Å². The highest BCUT2D eigenvalue weighted by Crippen LogP contribution is 2.19. The molecular weight excluding hydrogens is 522 g/mol. The van der Waals surface area contributed by atoms with Crippen molar-refractivity contribution in [3.05, 3.63) is 102 Å². The lowest BCUT2D eigenvalue weighted by atomic mass is 10.1. The smallest absolute Gasteiger partial charge is 0.302 e. The molecule has 0 bridgehead atoms. The zero-order chi connectivity index (χ0) is 27.4. The fourth-order valence-electron chi connectivity index (χ4n) is 3.59. The van der Waals surface area contributed by atoms with Crippen molar-refractivity contribution in [2.75, 3.05) is 0 Å². The van der Waals surface area contributed by atoms with E-state index in [0.717, 1.165) is 16.8 Å². The molecule has 1 aliphatic heterocycles. The van der Waals surface area contributed by atoms with Crippen LogP contribution in [0.25, 0.3) is 11.8 Å². The van der Waals surface area contributed by atoms with Crippen molar-refractivity contribution in [2.24, 2.45) is 4.99 Å². The van der Waals surface area contributed by atoms with Crippen LogP contribution in [0.4, 0.5) is 5.69 Å². The van der Waals surface area contributed by atoms with Crippen LogP contribution in [0.2, 0.25) is 0 Å². The Balaban J connectivity index is 1.20. The van der Waals surface area contributed by atoms with Crippen LogP contribution in [0.3, 0.4) is 0 Å². The van der Waals surface area contributed by atoms with Crippen molar-refractivity contribution in [3.63, 3.8) is 0 Å². The number of hydrogen-bond acceptors (Lipinski definition) is 9. The highest BCUT2D eigenvalue weighted by atomic mass is 32.2. The van der Waals surface area contributed by atoms with Crippen LogP contribution >= 0.6 is 0 Å². The largest absolute Gasteiger partial charge is 0.420 e. The van der Waals surface area contributed by atoms with Gasteiger partial charge in [-0.25, -0.2) is 17.8 Å². The third kappa shape index (κ3) is 6.22. The van der Waals surface area contributed by atoms with Gasteiger partial charge in [0.05, 0.1) is 22.7 Å². The van der Waals surface area contributed by atoms with Crippen LogP contribution < -0.4 is 10.0 Å². The predicted molar refractivity (Wildman–Crippen MR) is 140 cm³/mol. The fourth-order valence-corrected chi connectivity index (χ4v) is 4.57. The van der Waals surface area contributed by atoms with E-state index in [0.29, 0.717) is 11.3 Å². The van der Waals surface area contributed by atoms with E-state index < -0.39 is 21.8 Å². The number of aryl methyl sites for hydroxylation is 1. The molecule has 1 aromatic heterocycles. The molecule has 5 rings (SSSR count). The topological polar surface area (TPSA) is 158 Å². The zero-order valence-electron chi connectivity index (χ0n) is 20.5. The number of benzene rings is 3. The first-order chi connectivity index (χ1) is 18.7. The Morgan fingerprint density at radius 3 is 2.44 bits per heavy atom. The molecular formula is C26H21N7O5S. The van der Waals surface area contributed by atoms with Gasteiger partial charge in [0.15, 0.2) is 5.76 Å². The number of amidine groups is 1. The number of carbonyl (C=O) groups excluding carboxylic acids is 2. The number of rotatable bonds is 7. The highest BCUT2D eigenvalue weighted by molar-refractivity contribution is 7.90. The summed E-state index contributed by atoms with van der Waals surface area (Å²) in [6.45, 7) is 1.84. The molecule has 2 N–H and O–H groups in total. The Morgan fingerprint density at radius 1 is 1.05 bits per heavy atom. The number of aliphatic imine (C=N–C) groups is 1. The molecule has 1 aliphatic rings. The van der Waals surface area contributed by atoms with Crippen molar-refractivity contribution < 1.29 is 22.7 Å². The molecule has 2 heterocycles. The van der Waals surface area contributed by atoms with Crippen LogP contribution in [0.15, 0.2) is 94.8 Å². The SMILES string of the molecule is Cc1ccc(S(=O)(=O)NC(=O)Cc2ccc(N=C3NC(=O)/C(=C/c4ccc(-n5cnnn5)cc4)O3)cc2)cc1. The molecule has 0 saturated carbocycles. The van der Waals surface area contributed by atoms with Crippen molar-refractivity contribution in [1.29, 1.82) is 0 Å². The summed E-state index contributed by atoms with van der Waals surface area (Å²) in [7, 11) is -3.96. The normalized spacial score (nSPS) is 15.3. The Bertz CT molecular complexity index is 1680. The summed E-state index contributed by atoms with van der Waals surface area (Å²) in [5.41, 5.74) is 3.44. The monoisotopic (exact) mass is 543 g/mol. The highest BCUT2D eigenvalue weighted by Gasteiger charge is 2.25. The second-order valence-electron chi connectivity index (χ2n) is 8.51. The van der Waals surface area contributed by atoms with Gasteiger partial charge in [0.1, 0.15) is 6.33 Å². The van der Waals surface area contributed by atoms with Crippen LogP contribution in [0.5, 0.6) is 0 Å². The van der Waals surface area contributed by atoms with E-state index in [4.69, 9.17) is 4.74 Å². The Labute approximate surface area is 223 Å². The van der Waals surface area contributed by atoms with E-state index in [1.807, 2.05) is 6.92 Å². The third-order valence-electron chi connectivity index (χ3n) is 5.57. The number of tetrazole rings is 1. The molecule has 0 aliphatic carbocycles. The first kappa shape index (κ1) is 25.5. The Morgan fingerprint density at radius 2 is 1.77 bits per heavy atom. The van der Waals surface area contributed by atoms with Gasteiger partial charge in [-0.2, -0.15) is 4.99 Å². The molecule has 0 atom stereocenters. The molecule has 196 valence electrons. The molecule has 12 nitrogen and oxygen atoms in total. The van der Waals surface area contributed by atoms with E-state index in [2.05, 4.69) is 30.6 Å². The lowest BCUT2D eigenvalue weighted by molar-refractivity contribution is -0.119. The van der Waals surface area contributed by atoms with Crippen LogP contribution in [-0.2, 0) is 30.8 Å². The second-order valence-corrected chi connectivity index (χ2v) is 10.2.